The lowest BCUT2D eigenvalue weighted by Gasteiger charge is -2.29. The Morgan fingerprint density at radius 2 is 1.74 bits per heavy atom. The van der Waals surface area contributed by atoms with Gasteiger partial charge in [0.2, 0.25) is 5.91 Å². The zero-order valence-corrected chi connectivity index (χ0v) is 17.6. The molecule has 1 amide bonds. The first kappa shape index (κ1) is 20.0. The van der Waals surface area contributed by atoms with Gasteiger partial charge in [-0.1, -0.05) is 11.1 Å². The molecular weight excluding hydrogens is 400 g/mol. The first-order chi connectivity index (χ1) is 15.0. The monoisotopic (exact) mass is 426 g/mol. The SMILES string of the molecule is CC(C)=C1[C@H]2CC[C@H]1[C@H](C(=O)Nc1ccc(N3CCOCC3)c3nonc13)[C@H]2C(=O)O. The van der Waals surface area contributed by atoms with E-state index in [2.05, 4.69) is 20.5 Å². The number of benzene rings is 1. The quantitative estimate of drug-likeness (QED) is 0.717. The molecule has 2 bridgehead atoms. The summed E-state index contributed by atoms with van der Waals surface area (Å²) in [5, 5.41) is 20.9. The van der Waals surface area contributed by atoms with Crippen LogP contribution in [0.5, 0.6) is 0 Å². The molecule has 4 atom stereocenters. The highest BCUT2D eigenvalue weighted by Gasteiger charge is 2.57. The van der Waals surface area contributed by atoms with Gasteiger partial charge in [0.25, 0.3) is 0 Å². The Bertz CT molecular complexity index is 1070. The number of allylic oxidation sites excluding steroid dienone is 2. The lowest BCUT2D eigenvalue weighted by atomic mass is 9.78. The standard InChI is InChI=1S/C22H26N4O5/c1-11(2)16-12-3-4-13(16)18(22(28)29)17(12)21(27)23-14-5-6-15(20-19(14)24-31-25-20)26-7-9-30-10-8-26/h5-6,12-13,17-18H,3-4,7-10H2,1-2H3,(H,23,27)(H,28,29)/t12-,13-,17+,18+/m1/s1. The number of carboxylic acids is 1. The molecule has 5 rings (SSSR count). The van der Waals surface area contributed by atoms with Crippen molar-refractivity contribution in [3.05, 3.63) is 23.3 Å². The number of amides is 1. The van der Waals surface area contributed by atoms with Gasteiger partial charge in [0.15, 0.2) is 11.0 Å². The summed E-state index contributed by atoms with van der Waals surface area (Å²) >= 11 is 0. The maximum absolute atomic E-state index is 13.3. The number of aliphatic carboxylic acids is 1. The molecule has 1 aromatic heterocycles. The highest BCUT2D eigenvalue weighted by Crippen LogP contribution is 2.57. The molecule has 2 aromatic rings. The number of fused-ring (bicyclic) bond motifs is 3. The van der Waals surface area contributed by atoms with Crippen LogP contribution >= 0.6 is 0 Å². The van der Waals surface area contributed by atoms with Gasteiger partial charge >= 0.3 is 5.97 Å². The van der Waals surface area contributed by atoms with Crippen molar-refractivity contribution in [2.45, 2.75) is 26.7 Å². The topological polar surface area (TPSA) is 118 Å². The van der Waals surface area contributed by atoms with Crippen LogP contribution in [0.2, 0.25) is 0 Å². The minimum Gasteiger partial charge on any atom is -0.481 e. The number of morpholine rings is 1. The van der Waals surface area contributed by atoms with E-state index in [1.54, 1.807) is 6.07 Å². The van der Waals surface area contributed by atoms with E-state index in [1.165, 1.54) is 0 Å². The fourth-order valence-electron chi connectivity index (χ4n) is 5.83. The number of hydrogen-bond acceptors (Lipinski definition) is 7. The molecule has 2 saturated carbocycles. The summed E-state index contributed by atoms with van der Waals surface area (Å²) in [6.45, 7) is 6.77. The number of carbonyl (C=O) groups is 2. The predicted molar refractivity (Wildman–Crippen MR) is 113 cm³/mol. The van der Waals surface area contributed by atoms with E-state index >= 15 is 0 Å². The van der Waals surface area contributed by atoms with Crippen LogP contribution in [-0.2, 0) is 14.3 Å². The molecule has 1 aliphatic heterocycles. The van der Waals surface area contributed by atoms with E-state index < -0.39 is 17.8 Å². The zero-order valence-electron chi connectivity index (χ0n) is 17.6. The lowest BCUT2D eigenvalue weighted by molar-refractivity contribution is -0.148. The number of rotatable bonds is 4. The fraction of sp³-hybridized carbons (Fsp3) is 0.545. The van der Waals surface area contributed by atoms with Gasteiger partial charge in [-0.2, -0.15) is 0 Å². The number of ether oxygens (including phenoxy) is 1. The molecule has 9 heteroatoms. The van der Waals surface area contributed by atoms with Crippen LogP contribution < -0.4 is 10.2 Å². The number of hydrogen-bond donors (Lipinski definition) is 2. The van der Waals surface area contributed by atoms with E-state index in [9.17, 15) is 14.7 Å². The minimum atomic E-state index is -0.901. The molecular formula is C22H26N4O5. The van der Waals surface area contributed by atoms with Crippen LogP contribution in [0.15, 0.2) is 27.9 Å². The molecule has 31 heavy (non-hydrogen) atoms. The van der Waals surface area contributed by atoms with E-state index in [0.717, 1.165) is 42.8 Å². The Balaban J connectivity index is 1.45. The molecule has 0 radical (unpaired) electrons. The molecule has 2 heterocycles. The summed E-state index contributed by atoms with van der Waals surface area (Å²) in [5.74, 6) is -2.53. The number of carbonyl (C=O) groups excluding carboxylic acids is 1. The van der Waals surface area contributed by atoms with Crippen LogP contribution in [-0.4, -0.2) is 53.6 Å². The first-order valence-corrected chi connectivity index (χ1v) is 10.8. The minimum absolute atomic E-state index is 0.0188. The molecule has 0 unspecified atom stereocenters. The second-order valence-electron chi connectivity index (χ2n) is 8.82. The van der Waals surface area contributed by atoms with E-state index in [1.807, 2.05) is 19.9 Å². The molecule has 2 aliphatic carbocycles. The number of nitrogens with one attached hydrogen (secondary N) is 1. The average Bonchev–Trinajstić information content (AvgIpc) is 3.47. The van der Waals surface area contributed by atoms with Gasteiger partial charge < -0.3 is 20.1 Å². The summed E-state index contributed by atoms with van der Waals surface area (Å²) in [6, 6.07) is 3.69. The second kappa shape index (κ2) is 7.64. The number of aromatic nitrogens is 2. The summed E-state index contributed by atoms with van der Waals surface area (Å²) in [5.41, 5.74) is 4.70. The molecule has 1 saturated heterocycles. The molecule has 3 aliphatic rings. The Hall–Kier alpha value is -2.94. The van der Waals surface area contributed by atoms with Crippen LogP contribution in [0.4, 0.5) is 11.4 Å². The van der Waals surface area contributed by atoms with Gasteiger partial charge in [0.05, 0.1) is 36.4 Å². The smallest absolute Gasteiger partial charge is 0.307 e. The van der Waals surface area contributed by atoms with Gasteiger partial charge in [-0.3, -0.25) is 9.59 Å². The summed E-state index contributed by atoms with van der Waals surface area (Å²) in [7, 11) is 0. The maximum Gasteiger partial charge on any atom is 0.307 e. The van der Waals surface area contributed by atoms with Crippen molar-refractivity contribution >= 4 is 34.3 Å². The molecule has 9 nitrogen and oxygen atoms in total. The molecule has 1 aromatic carbocycles. The highest BCUT2D eigenvalue weighted by atomic mass is 16.6. The first-order valence-electron chi connectivity index (χ1n) is 10.8. The van der Waals surface area contributed by atoms with E-state index in [4.69, 9.17) is 9.37 Å². The van der Waals surface area contributed by atoms with E-state index in [-0.39, 0.29) is 17.7 Å². The number of nitrogens with zero attached hydrogens (tertiary/aromatic N) is 3. The Morgan fingerprint density at radius 3 is 2.42 bits per heavy atom. The summed E-state index contributed by atoms with van der Waals surface area (Å²) in [6.07, 6.45) is 1.68. The van der Waals surface area contributed by atoms with E-state index in [0.29, 0.717) is 29.9 Å². The fourth-order valence-corrected chi connectivity index (χ4v) is 5.83. The van der Waals surface area contributed by atoms with Crippen molar-refractivity contribution < 1.29 is 24.1 Å². The van der Waals surface area contributed by atoms with Gasteiger partial charge in [-0.25, -0.2) is 4.63 Å². The number of carboxylic acid groups (broad SMARTS) is 1. The Labute approximate surface area is 179 Å². The van der Waals surface area contributed by atoms with Gasteiger partial charge in [0, 0.05) is 13.1 Å². The lowest BCUT2D eigenvalue weighted by Crippen LogP contribution is -2.38. The summed E-state index contributed by atoms with van der Waals surface area (Å²) in [4.78, 5) is 27.6. The van der Waals surface area contributed by atoms with Gasteiger partial charge in [-0.15, -0.1) is 0 Å². The van der Waals surface area contributed by atoms with Gasteiger partial charge in [-0.05, 0) is 61.0 Å². The van der Waals surface area contributed by atoms with Crippen molar-refractivity contribution in [1.29, 1.82) is 0 Å². The Kier molecular flexibility index (Phi) is 4.92. The maximum atomic E-state index is 13.3. The van der Waals surface area contributed by atoms with Crippen molar-refractivity contribution in [1.82, 2.24) is 10.3 Å². The van der Waals surface area contributed by atoms with Gasteiger partial charge in [0.1, 0.15) is 0 Å². The number of anilines is 2. The van der Waals surface area contributed by atoms with Crippen LogP contribution in [0, 0.1) is 23.7 Å². The molecule has 0 spiro atoms. The largest absolute Gasteiger partial charge is 0.481 e. The van der Waals surface area contributed by atoms with Crippen LogP contribution in [0.3, 0.4) is 0 Å². The third-order valence-corrected chi connectivity index (χ3v) is 7.01. The van der Waals surface area contributed by atoms with Crippen molar-refractivity contribution in [2.24, 2.45) is 23.7 Å². The Morgan fingerprint density at radius 1 is 1.06 bits per heavy atom. The highest BCUT2D eigenvalue weighted by molar-refractivity contribution is 6.04. The second-order valence-corrected chi connectivity index (χ2v) is 8.82. The summed E-state index contributed by atoms with van der Waals surface area (Å²) < 4.78 is 10.4. The average molecular weight is 426 g/mol. The molecule has 2 N–H and O–H groups in total. The molecule has 3 fully saturated rings. The van der Waals surface area contributed by atoms with Crippen molar-refractivity contribution in [3.8, 4) is 0 Å². The third kappa shape index (κ3) is 3.18. The third-order valence-electron chi connectivity index (χ3n) is 7.01. The molecule has 164 valence electrons. The van der Waals surface area contributed by atoms with Crippen molar-refractivity contribution in [3.63, 3.8) is 0 Å². The van der Waals surface area contributed by atoms with Crippen molar-refractivity contribution in [2.75, 3.05) is 36.5 Å². The normalized spacial score (nSPS) is 27.7. The zero-order chi connectivity index (χ0) is 21.7. The predicted octanol–water partition coefficient (Wildman–Crippen LogP) is 2.69. The van der Waals surface area contributed by atoms with Crippen LogP contribution in [0.25, 0.3) is 11.0 Å². The van der Waals surface area contributed by atoms with Crippen LogP contribution in [0.1, 0.15) is 26.7 Å².